The summed E-state index contributed by atoms with van der Waals surface area (Å²) in [5.74, 6) is 0.281. The van der Waals surface area contributed by atoms with Gasteiger partial charge in [0, 0.05) is 24.0 Å². The van der Waals surface area contributed by atoms with E-state index >= 15 is 0 Å². The third-order valence-corrected chi connectivity index (χ3v) is 4.85. The molecule has 0 radical (unpaired) electrons. The Kier molecular flexibility index (Phi) is 6.34. The Labute approximate surface area is 169 Å². The number of hydrogen-bond acceptors (Lipinski definition) is 5. The maximum Gasteiger partial charge on any atom is 0.218 e. The molecule has 0 spiro atoms. The van der Waals surface area contributed by atoms with Crippen LogP contribution in [0.25, 0.3) is 10.9 Å². The van der Waals surface area contributed by atoms with Crippen molar-refractivity contribution < 1.29 is 18.6 Å². The maximum atomic E-state index is 13.5. The first kappa shape index (κ1) is 19.8. The van der Waals surface area contributed by atoms with E-state index in [1.165, 1.54) is 17.7 Å². The van der Waals surface area contributed by atoms with Gasteiger partial charge in [-0.3, -0.25) is 0 Å². The number of fused-ring (bicyclic) bond motifs is 1. The number of hydrogen-bond donors (Lipinski definition) is 1. The summed E-state index contributed by atoms with van der Waals surface area (Å²) in [6, 6.07) is 14.6. The highest BCUT2D eigenvalue weighted by molar-refractivity contribution is 5.80. The van der Waals surface area contributed by atoms with Gasteiger partial charge in [-0.05, 0) is 42.8 Å². The van der Waals surface area contributed by atoms with Crippen LogP contribution in [0.4, 0.5) is 4.39 Å². The monoisotopic (exact) mass is 396 g/mol. The summed E-state index contributed by atoms with van der Waals surface area (Å²) in [4.78, 5) is 4.71. The van der Waals surface area contributed by atoms with E-state index in [9.17, 15) is 4.39 Å². The van der Waals surface area contributed by atoms with E-state index in [1.54, 1.807) is 6.07 Å². The van der Waals surface area contributed by atoms with Crippen molar-refractivity contribution in [3.63, 3.8) is 0 Å². The van der Waals surface area contributed by atoms with Crippen LogP contribution in [-0.2, 0) is 22.6 Å². The quantitative estimate of drug-likeness (QED) is 0.659. The second-order valence-electron chi connectivity index (χ2n) is 7.27. The van der Waals surface area contributed by atoms with Crippen molar-refractivity contribution in [2.45, 2.75) is 26.2 Å². The Morgan fingerprint density at radius 3 is 2.93 bits per heavy atom. The van der Waals surface area contributed by atoms with Gasteiger partial charge in [-0.25, -0.2) is 9.37 Å². The third-order valence-electron chi connectivity index (χ3n) is 4.85. The lowest BCUT2D eigenvalue weighted by Crippen LogP contribution is -2.37. The number of aromatic nitrogens is 1. The molecular weight excluding hydrogens is 371 g/mol. The number of nitrogens with one attached hydrogen (secondary N) is 1. The van der Waals surface area contributed by atoms with Gasteiger partial charge in [0.05, 0.1) is 31.4 Å². The average Bonchev–Trinajstić information content (AvgIpc) is 2.73. The van der Waals surface area contributed by atoms with E-state index in [2.05, 4.69) is 24.4 Å². The van der Waals surface area contributed by atoms with Gasteiger partial charge in [-0.2, -0.15) is 0 Å². The highest BCUT2D eigenvalue weighted by Gasteiger charge is 2.15. The van der Waals surface area contributed by atoms with Crippen LogP contribution in [0.15, 0.2) is 48.5 Å². The Balaban J connectivity index is 1.51. The predicted molar refractivity (Wildman–Crippen MR) is 109 cm³/mol. The largest absolute Gasteiger partial charge is 0.473 e. The van der Waals surface area contributed by atoms with Gasteiger partial charge < -0.3 is 19.5 Å². The lowest BCUT2D eigenvalue weighted by molar-refractivity contribution is -0.0864. The molecule has 1 aliphatic heterocycles. The van der Waals surface area contributed by atoms with Crippen LogP contribution in [-0.4, -0.2) is 37.5 Å². The van der Waals surface area contributed by atoms with Gasteiger partial charge in [-0.15, -0.1) is 0 Å². The van der Waals surface area contributed by atoms with Crippen molar-refractivity contribution in [3.8, 4) is 5.88 Å². The molecule has 29 heavy (non-hydrogen) atoms. The van der Waals surface area contributed by atoms with Crippen LogP contribution in [0.3, 0.4) is 0 Å². The zero-order chi connectivity index (χ0) is 20.1. The zero-order valence-electron chi connectivity index (χ0n) is 16.5. The molecule has 1 saturated heterocycles. The van der Waals surface area contributed by atoms with E-state index in [4.69, 9.17) is 19.2 Å². The van der Waals surface area contributed by atoms with Gasteiger partial charge in [0.1, 0.15) is 12.4 Å². The number of halogens is 1. The Morgan fingerprint density at radius 2 is 2.10 bits per heavy atom. The van der Waals surface area contributed by atoms with E-state index < -0.39 is 0 Å². The molecule has 1 atom stereocenters. The van der Waals surface area contributed by atoms with Gasteiger partial charge in [0.15, 0.2) is 0 Å². The minimum Gasteiger partial charge on any atom is -0.473 e. The Bertz CT molecular complexity index is 973. The maximum absolute atomic E-state index is 13.5. The van der Waals surface area contributed by atoms with Gasteiger partial charge in [-0.1, -0.05) is 23.8 Å². The first-order valence-corrected chi connectivity index (χ1v) is 9.85. The highest BCUT2D eigenvalue weighted by Crippen LogP contribution is 2.24. The molecule has 1 aliphatic rings. The summed E-state index contributed by atoms with van der Waals surface area (Å²) >= 11 is 0. The van der Waals surface area contributed by atoms with Crippen molar-refractivity contribution >= 4 is 10.9 Å². The number of nitrogens with zero attached hydrogens (tertiary/aromatic N) is 1. The minimum atomic E-state index is -0.273. The molecule has 0 amide bonds. The van der Waals surface area contributed by atoms with Crippen molar-refractivity contribution in [2.75, 3.05) is 26.4 Å². The number of ether oxygens (including phenoxy) is 3. The summed E-state index contributed by atoms with van der Waals surface area (Å²) in [5, 5.41) is 4.48. The Hall–Kier alpha value is -2.54. The average molecular weight is 396 g/mol. The van der Waals surface area contributed by atoms with Crippen molar-refractivity contribution in [1.82, 2.24) is 10.3 Å². The Morgan fingerprint density at radius 1 is 1.17 bits per heavy atom. The smallest absolute Gasteiger partial charge is 0.218 e. The summed E-state index contributed by atoms with van der Waals surface area (Å²) in [7, 11) is 0. The van der Waals surface area contributed by atoms with Crippen LogP contribution >= 0.6 is 0 Å². The normalized spacial score (nSPS) is 16.8. The summed E-state index contributed by atoms with van der Waals surface area (Å²) in [6.45, 7) is 5.49. The molecule has 5 nitrogen and oxygen atoms in total. The van der Waals surface area contributed by atoms with E-state index in [-0.39, 0.29) is 18.5 Å². The number of rotatable bonds is 7. The fourth-order valence-electron chi connectivity index (χ4n) is 3.37. The molecule has 2 heterocycles. The van der Waals surface area contributed by atoms with Gasteiger partial charge in [0.25, 0.3) is 0 Å². The van der Waals surface area contributed by atoms with Crippen LogP contribution in [0.2, 0.25) is 0 Å². The second-order valence-corrected chi connectivity index (χ2v) is 7.27. The van der Waals surface area contributed by atoms with Crippen LogP contribution in [0.1, 0.15) is 16.7 Å². The number of aryl methyl sites for hydroxylation is 1. The summed E-state index contributed by atoms with van der Waals surface area (Å²) in [6.07, 6.45) is 0.0519. The van der Waals surface area contributed by atoms with Gasteiger partial charge in [0.2, 0.25) is 5.88 Å². The molecule has 3 aromatic rings. The van der Waals surface area contributed by atoms with E-state index in [0.29, 0.717) is 38.8 Å². The van der Waals surface area contributed by atoms with E-state index in [0.717, 1.165) is 22.0 Å². The lowest BCUT2D eigenvalue weighted by atomic mass is 10.1. The molecule has 2 aromatic carbocycles. The zero-order valence-corrected chi connectivity index (χ0v) is 16.5. The molecule has 0 aliphatic carbocycles. The van der Waals surface area contributed by atoms with Crippen LogP contribution in [0, 0.1) is 12.7 Å². The third kappa shape index (κ3) is 5.29. The standard InChI is InChI=1S/C23H25FN2O3/c1-16-5-6-22-18(9-16)11-19(12-25-13-21-15-27-7-8-28-21)23(26-22)29-14-17-3-2-4-20(24)10-17/h2-6,9-11,21,25H,7-8,12-15H2,1H3/t21-/m0/s1. The van der Waals surface area contributed by atoms with Crippen molar-refractivity contribution in [2.24, 2.45) is 0 Å². The highest BCUT2D eigenvalue weighted by atomic mass is 19.1. The van der Waals surface area contributed by atoms with Crippen LogP contribution in [0.5, 0.6) is 5.88 Å². The molecule has 6 heteroatoms. The summed E-state index contributed by atoms with van der Waals surface area (Å²) in [5.41, 5.74) is 3.77. The summed E-state index contributed by atoms with van der Waals surface area (Å²) < 4.78 is 30.6. The van der Waals surface area contributed by atoms with Crippen molar-refractivity contribution in [3.05, 3.63) is 71.0 Å². The minimum absolute atomic E-state index is 0.0519. The number of pyridine rings is 1. The molecule has 0 unspecified atom stereocenters. The van der Waals surface area contributed by atoms with Crippen LogP contribution < -0.4 is 10.1 Å². The predicted octanol–water partition coefficient (Wildman–Crippen LogP) is 3.77. The SMILES string of the molecule is Cc1ccc2nc(OCc3cccc(F)c3)c(CNC[C@H]3COCCO3)cc2c1. The molecule has 1 N–H and O–H groups in total. The molecule has 1 aromatic heterocycles. The first-order chi connectivity index (χ1) is 14.2. The molecular formula is C23H25FN2O3. The first-order valence-electron chi connectivity index (χ1n) is 9.85. The molecule has 0 bridgehead atoms. The van der Waals surface area contributed by atoms with Crippen molar-refractivity contribution in [1.29, 1.82) is 0 Å². The molecule has 0 saturated carbocycles. The fourth-order valence-corrected chi connectivity index (χ4v) is 3.37. The molecule has 1 fully saturated rings. The molecule has 152 valence electrons. The second kappa shape index (κ2) is 9.31. The topological polar surface area (TPSA) is 52.6 Å². The number of benzene rings is 2. The van der Waals surface area contributed by atoms with E-state index in [1.807, 2.05) is 18.2 Å². The molecule has 4 rings (SSSR count). The lowest BCUT2D eigenvalue weighted by Gasteiger charge is -2.23. The van der Waals surface area contributed by atoms with Gasteiger partial charge >= 0.3 is 0 Å². The fraction of sp³-hybridized carbons (Fsp3) is 0.348.